The summed E-state index contributed by atoms with van der Waals surface area (Å²) in [6.45, 7) is 3.15. The van der Waals surface area contributed by atoms with Gasteiger partial charge in [0.1, 0.15) is 0 Å². The Labute approximate surface area is 181 Å². The van der Waals surface area contributed by atoms with Crippen molar-refractivity contribution in [2.75, 3.05) is 13.2 Å². The van der Waals surface area contributed by atoms with Crippen LogP contribution in [0, 0.1) is 0 Å². The van der Waals surface area contributed by atoms with Gasteiger partial charge in [-0.15, -0.1) is 0 Å². The molecule has 176 valence electrons. The molecule has 0 aromatic rings. The average molecular weight is 417 g/mol. The Kier molecular flexibility index (Phi) is 18.5. The number of hydrogen-bond donors (Lipinski definition) is 4. The molecule has 0 fully saturated rings. The largest absolute Gasteiger partial charge is 0.393 e. The van der Waals surface area contributed by atoms with Crippen molar-refractivity contribution in [3.8, 4) is 0 Å². The van der Waals surface area contributed by atoms with Gasteiger partial charge in [0.25, 0.3) is 0 Å². The Morgan fingerprint density at radius 2 is 0.552 bits per heavy atom. The quantitative estimate of drug-likeness (QED) is 0.166. The van der Waals surface area contributed by atoms with Crippen LogP contribution in [0.15, 0.2) is 0 Å². The molecule has 4 nitrogen and oxygen atoms in total. The third-order valence-corrected chi connectivity index (χ3v) is 6.11. The molecule has 0 aliphatic rings. The topological polar surface area (TPSA) is 80.9 Å². The van der Waals surface area contributed by atoms with Gasteiger partial charge in [0.2, 0.25) is 0 Å². The summed E-state index contributed by atoms with van der Waals surface area (Å²) in [4.78, 5) is 0. The number of unbranched alkanes of at least 4 members (excludes halogenated alkanes) is 16. The molecule has 0 aromatic heterocycles. The molecule has 4 heteroatoms. The molecule has 2 unspecified atom stereocenters. The number of aliphatic hydroxyl groups excluding tert-OH is 2. The summed E-state index contributed by atoms with van der Waals surface area (Å²) in [7, 11) is 0. The fourth-order valence-corrected chi connectivity index (χ4v) is 3.82. The van der Waals surface area contributed by atoms with Crippen molar-refractivity contribution in [3.63, 3.8) is 0 Å². The maximum atomic E-state index is 9.73. The molecule has 0 bridgehead atoms. The molecule has 0 spiro atoms. The number of hydrogen-bond acceptors (Lipinski definition) is 4. The summed E-state index contributed by atoms with van der Waals surface area (Å²) < 4.78 is 0. The first kappa shape index (κ1) is 28.8. The van der Waals surface area contributed by atoms with Gasteiger partial charge in [0.05, 0.1) is 24.4 Å². The third kappa shape index (κ3) is 20.9. The van der Waals surface area contributed by atoms with Crippen molar-refractivity contribution < 1.29 is 20.4 Å². The summed E-state index contributed by atoms with van der Waals surface area (Å²) in [5, 5.41) is 37.5. The zero-order valence-corrected chi connectivity index (χ0v) is 19.6. The lowest BCUT2D eigenvalue weighted by Crippen LogP contribution is -2.28. The minimum atomic E-state index is -0.885. The van der Waals surface area contributed by atoms with Gasteiger partial charge in [0.15, 0.2) is 0 Å². The number of aliphatic hydroxyl groups is 4. The number of rotatable bonds is 22. The monoisotopic (exact) mass is 416 g/mol. The Bertz CT molecular complexity index is 310. The Morgan fingerprint density at radius 1 is 0.379 bits per heavy atom. The van der Waals surface area contributed by atoms with Crippen molar-refractivity contribution in [2.45, 2.75) is 147 Å². The molecular formula is C25H52O4. The van der Waals surface area contributed by atoms with E-state index < -0.39 is 11.2 Å². The molecule has 0 saturated heterocycles. The van der Waals surface area contributed by atoms with E-state index in [-0.39, 0.29) is 13.2 Å². The van der Waals surface area contributed by atoms with Crippen molar-refractivity contribution in [2.24, 2.45) is 0 Å². The fourth-order valence-electron chi connectivity index (χ4n) is 3.82. The average Bonchev–Trinajstić information content (AvgIpc) is 2.69. The summed E-state index contributed by atoms with van der Waals surface area (Å²) in [6, 6.07) is 0. The van der Waals surface area contributed by atoms with Crippen LogP contribution in [0.4, 0.5) is 0 Å². The fraction of sp³-hybridized carbons (Fsp3) is 1.00. The lowest BCUT2D eigenvalue weighted by molar-refractivity contribution is -0.00711. The minimum Gasteiger partial charge on any atom is -0.393 e. The lowest BCUT2D eigenvalue weighted by Gasteiger charge is -2.19. The first-order chi connectivity index (χ1) is 13.8. The van der Waals surface area contributed by atoms with Gasteiger partial charge in [-0.25, -0.2) is 0 Å². The summed E-state index contributed by atoms with van der Waals surface area (Å²) in [5.74, 6) is 0. The molecule has 0 heterocycles. The third-order valence-electron chi connectivity index (χ3n) is 6.11. The second kappa shape index (κ2) is 18.6. The van der Waals surface area contributed by atoms with E-state index in [4.69, 9.17) is 10.2 Å². The standard InChI is InChI=1S/C25H52O4/c1-24(28,22-26)20-18-16-14-12-10-8-6-4-3-5-7-9-11-13-15-17-19-21-25(2,29)23-27/h26-29H,3-23H2,1-2H3. The summed E-state index contributed by atoms with van der Waals surface area (Å²) in [5.41, 5.74) is -1.77. The van der Waals surface area contributed by atoms with Gasteiger partial charge < -0.3 is 20.4 Å². The molecule has 29 heavy (non-hydrogen) atoms. The van der Waals surface area contributed by atoms with Crippen LogP contribution in [0.2, 0.25) is 0 Å². The normalized spacial score (nSPS) is 15.9. The van der Waals surface area contributed by atoms with E-state index in [9.17, 15) is 10.2 Å². The molecule has 0 aromatic carbocycles. The Hall–Kier alpha value is -0.160. The van der Waals surface area contributed by atoms with E-state index in [2.05, 4.69) is 0 Å². The molecule has 4 N–H and O–H groups in total. The molecule has 0 aliphatic carbocycles. The van der Waals surface area contributed by atoms with Gasteiger partial charge in [-0.05, 0) is 26.7 Å². The smallest absolute Gasteiger partial charge is 0.0849 e. The van der Waals surface area contributed by atoms with E-state index in [0.29, 0.717) is 12.8 Å². The van der Waals surface area contributed by atoms with Crippen LogP contribution in [0.25, 0.3) is 0 Å². The van der Waals surface area contributed by atoms with Crippen LogP contribution in [-0.4, -0.2) is 44.8 Å². The van der Waals surface area contributed by atoms with Crippen molar-refractivity contribution in [3.05, 3.63) is 0 Å². The SMILES string of the molecule is CC(O)(CO)CCCCCCCCCCCCCCCCCCCC(C)(O)CO. The molecule has 0 aliphatic heterocycles. The predicted octanol–water partition coefficient (Wildman–Crippen LogP) is 5.88. The zero-order chi connectivity index (χ0) is 21.8. The highest BCUT2D eigenvalue weighted by Crippen LogP contribution is 2.18. The van der Waals surface area contributed by atoms with Crippen LogP contribution in [0.5, 0.6) is 0 Å². The van der Waals surface area contributed by atoms with Crippen LogP contribution < -0.4 is 0 Å². The molecular weight excluding hydrogens is 364 g/mol. The van der Waals surface area contributed by atoms with Crippen molar-refractivity contribution >= 4 is 0 Å². The van der Waals surface area contributed by atoms with Crippen LogP contribution in [0.1, 0.15) is 136 Å². The van der Waals surface area contributed by atoms with Crippen LogP contribution >= 0.6 is 0 Å². The van der Waals surface area contributed by atoms with Gasteiger partial charge in [0, 0.05) is 0 Å². The van der Waals surface area contributed by atoms with Gasteiger partial charge in [-0.2, -0.15) is 0 Å². The van der Waals surface area contributed by atoms with Gasteiger partial charge in [-0.1, -0.05) is 109 Å². The van der Waals surface area contributed by atoms with Crippen LogP contribution in [0.3, 0.4) is 0 Å². The van der Waals surface area contributed by atoms with E-state index >= 15 is 0 Å². The highest BCUT2D eigenvalue weighted by atomic mass is 16.3. The maximum Gasteiger partial charge on any atom is 0.0849 e. The molecule has 0 radical (unpaired) electrons. The predicted molar refractivity (Wildman–Crippen MR) is 123 cm³/mol. The van der Waals surface area contributed by atoms with E-state index in [1.54, 1.807) is 13.8 Å². The maximum absolute atomic E-state index is 9.73. The second-order valence-electron chi connectivity index (χ2n) is 9.82. The molecule has 0 rings (SSSR count). The zero-order valence-electron chi connectivity index (χ0n) is 19.6. The molecule has 0 saturated carbocycles. The minimum absolute atomic E-state index is 0.135. The lowest BCUT2D eigenvalue weighted by atomic mass is 9.98. The van der Waals surface area contributed by atoms with Crippen molar-refractivity contribution in [1.29, 1.82) is 0 Å². The van der Waals surface area contributed by atoms with Crippen molar-refractivity contribution in [1.82, 2.24) is 0 Å². The van der Waals surface area contributed by atoms with Crippen LogP contribution in [-0.2, 0) is 0 Å². The van der Waals surface area contributed by atoms with Gasteiger partial charge >= 0.3 is 0 Å². The molecule has 0 amide bonds. The van der Waals surface area contributed by atoms with E-state index in [1.807, 2.05) is 0 Å². The summed E-state index contributed by atoms with van der Waals surface area (Å²) in [6.07, 6.45) is 23.2. The van der Waals surface area contributed by atoms with E-state index in [0.717, 1.165) is 12.8 Å². The first-order valence-electron chi connectivity index (χ1n) is 12.5. The Morgan fingerprint density at radius 3 is 0.724 bits per heavy atom. The highest BCUT2D eigenvalue weighted by Gasteiger charge is 2.18. The first-order valence-corrected chi connectivity index (χ1v) is 12.5. The second-order valence-corrected chi connectivity index (χ2v) is 9.82. The van der Waals surface area contributed by atoms with E-state index in [1.165, 1.54) is 96.3 Å². The molecule has 2 atom stereocenters. The Balaban J connectivity index is 3.14. The highest BCUT2D eigenvalue weighted by molar-refractivity contribution is 4.70. The summed E-state index contributed by atoms with van der Waals surface area (Å²) >= 11 is 0. The van der Waals surface area contributed by atoms with Gasteiger partial charge in [-0.3, -0.25) is 0 Å².